The topological polar surface area (TPSA) is 66.8 Å². The van der Waals surface area contributed by atoms with Crippen molar-refractivity contribution in [3.05, 3.63) is 23.8 Å². The highest BCUT2D eigenvalue weighted by atomic mass is 28.3. The van der Waals surface area contributed by atoms with E-state index in [0.29, 0.717) is 12.2 Å². The summed E-state index contributed by atoms with van der Waals surface area (Å²) in [5.41, 5.74) is 3.65. The minimum atomic E-state index is -1.57. The SMILES string of the molecule is CCOC(=O)/C=C/C(C)=C/[C@H](O)[C@@H](O)C#C[Si](C)(C)C. The van der Waals surface area contributed by atoms with Gasteiger partial charge in [-0.15, -0.1) is 5.54 Å². The second-order valence-corrected chi connectivity index (χ2v) is 10.2. The van der Waals surface area contributed by atoms with E-state index in [1.54, 1.807) is 13.8 Å². The van der Waals surface area contributed by atoms with E-state index in [4.69, 9.17) is 4.74 Å². The van der Waals surface area contributed by atoms with E-state index in [1.807, 2.05) is 0 Å². The first-order valence-corrected chi connectivity index (χ1v) is 10.1. The summed E-state index contributed by atoms with van der Waals surface area (Å²) in [6.45, 7) is 9.94. The van der Waals surface area contributed by atoms with Crippen LogP contribution in [-0.4, -0.2) is 43.1 Å². The third kappa shape index (κ3) is 9.56. The number of carbonyl (C=O) groups excluding carboxylic acids is 1. The Morgan fingerprint density at radius 3 is 2.40 bits per heavy atom. The van der Waals surface area contributed by atoms with Gasteiger partial charge in [0.2, 0.25) is 0 Å². The molecule has 0 bridgehead atoms. The fourth-order valence-electron chi connectivity index (χ4n) is 1.18. The molecule has 0 aromatic carbocycles. The first-order valence-electron chi connectivity index (χ1n) is 6.58. The van der Waals surface area contributed by atoms with E-state index in [1.165, 1.54) is 18.2 Å². The monoisotopic (exact) mass is 296 g/mol. The lowest BCUT2D eigenvalue weighted by molar-refractivity contribution is -0.137. The van der Waals surface area contributed by atoms with Gasteiger partial charge >= 0.3 is 5.97 Å². The van der Waals surface area contributed by atoms with Gasteiger partial charge in [0.15, 0.2) is 0 Å². The molecule has 0 aliphatic carbocycles. The van der Waals surface area contributed by atoms with Crippen molar-refractivity contribution >= 4 is 14.0 Å². The first-order chi connectivity index (χ1) is 9.15. The number of carbonyl (C=O) groups is 1. The highest BCUT2D eigenvalue weighted by molar-refractivity contribution is 6.83. The largest absolute Gasteiger partial charge is 0.463 e. The second kappa shape index (κ2) is 8.75. The Labute approximate surface area is 122 Å². The van der Waals surface area contributed by atoms with Crippen molar-refractivity contribution in [1.82, 2.24) is 0 Å². The minimum absolute atomic E-state index is 0.319. The number of rotatable bonds is 5. The van der Waals surface area contributed by atoms with E-state index in [9.17, 15) is 15.0 Å². The standard InChI is InChI=1S/C15H24O4Si/c1-6-19-15(18)8-7-12(2)11-14(17)13(16)9-10-20(3,4)5/h7-8,11,13-14,16-17H,6H2,1-5H3/b8-7+,12-11+/t13-,14-/m0/s1. The molecule has 2 N–H and O–H groups in total. The number of aliphatic hydroxyl groups is 2. The molecular formula is C15H24O4Si. The van der Waals surface area contributed by atoms with Gasteiger partial charge in [-0.3, -0.25) is 0 Å². The maximum atomic E-state index is 11.1. The van der Waals surface area contributed by atoms with Crippen molar-refractivity contribution in [1.29, 1.82) is 0 Å². The van der Waals surface area contributed by atoms with Gasteiger partial charge in [0.05, 0.1) is 6.61 Å². The van der Waals surface area contributed by atoms with Gasteiger partial charge in [0.25, 0.3) is 0 Å². The van der Waals surface area contributed by atoms with E-state index in [2.05, 4.69) is 31.1 Å². The number of esters is 1. The van der Waals surface area contributed by atoms with Crippen LogP contribution < -0.4 is 0 Å². The zero-order valence-electron chi connectivity index (χ0n) is 12.8. The maximum Gasteiger partial charge on any atom is 0.330 e. The predicted molar refractivity (Wildman–Crippen MR) is 82.7 cm³/mol. The normalized spacial score (nSPS) is 15.4. The van der Waals surface area contributed by atoms with Gasteiger partial charge in [0, 0.05) is 6.08 Å². The molecule has 0 unspecified atom stereocenters. The molecule has 112 valence electrons. The molecule has 0 aliphatic rings. The van der Waals surface area contributed by atoms with Crippen LogP contribution in [0.5, 0.6) is 0 Å². The molecule has 0 aromatic heterocycles. The van der Waals surface area contributed by atoms with Crippen molar-refractivity contribution in [2.75, 3.05) is 6.61 Å². The van der Waals surface area contributed by atoms with Crippen LogP contribution in [0.3, 0.4) is 0 Å². The summed E-state index contributed by atoms with van der Waals surface area (Å²) in [6, 6.07) is 0. The van der Waals surface area contributed by atoms with Crippen LogP contribution in [-0.2, 0) is 9.53 Å². The van der Waals surface area contributed by atoms with Crippen LogP contribution in [0.1, 0.15) is 13.8 Å². The average molecular weight is 296 g/mol. The molecule has 20 heavy (non-hydrogen) atoms. The molecule has 5 heteroatoms. The van der Waals surface area contributed by atoms with Crippen molar-refractivity contribution in [3.8, 4) is 11.5 Å². The van der Waals surface area contributed by atoms with Crippen LogP contribution >= 0.6 is 0 Å². The van der Waals surface area contributed by atoms with E-state index in [-0.39, 0.29) is 0 Å². The summed E-state index contributed by atoms with van der Waals surface area (Å²) in [5.74, 6) is 2.23. The molecule has 0 spiro atoms. The zero-order valence-corrected chi connectivity index (χ0v) is 13.8. The van der Waals surface area contributed by atoms with Gasteiger partial charge < -0.3 is 14.9 Å². The Morgan fingerprint density at radius 1 is 1.30 bits per heavy atom. The lowest BCUT2D eigenvalue weighted by Gasteiger charge is -2.10. The van der Waals surface area contributed by atoms with Crippen LogP contribution in [0.4, 0.5) is 0 Å². The number of hydrogen-bond donors (Lipinski definition) is 2. The molecule has 0 radical (unpaired) electrons. The van der Waals surface area contributed by atoms with E-state index < -0.39 is 26.3 Å². The van der Waals surface area contributed by atoms with Gasteiger partial charge in [-0.25, -0.2) is 4.79 Å². The number of hydrogen-bond acceptors (Lipinski definition) is 4. The quantitative estimate of drug-likeness (QED) is 0.266. The molecule has 0 aliphatic heterocycles. The lowest BCUT2D eigenvalue weighted by Crippen LogP contribution is -2.24. The van der Waals surface area contributed by atoms with E-state index in [0.717, 1.165) is 0 Å². The first kappa shape index (κ1) is 18.6. The summed E-state index contributed by atoms with van der Waals surface area (Å²) in [7, 11) is -1.57. The fourth-order valence-corrected chi connectivity index (χ4v) is 1.76. The molecular weight excluding hydrogens is 272 g/mol. The van der Waals surface area contributed by atoms with Gasteiger partial charge in [-0.1, -0.05) is 37.2 Å². The zero-order chi connectivity index (χ0) is 15.8. The summed E-state index contributed by atoms with van der Waals surface area (Å²) in [5, 5.41) is 19.5. The molecule has 0 amide bonds. The summed E-state index contributed by atoms with van der Waals surface area (Å²) >= 11 is 0. The molecule has 0 heterocycles. The van der Waals surface area contributed by atoms with Gasteiger partial charge in [-0.05, 0) is 19.9 Å². The van der Waals surface area contributed by atoms with Crippen molar-refractivity contribution in [2.45, 2.75) is 45.7 Å². The third-order valence-corrected chi connectivity index (χ3v) is 3.02. The molecule has 0 saturated carbocycles. The van der Waals surface area contributed by atoms with Gasteiger partial charge in [-0.2, -0.15) is 0 Å². The van der Waals surface area contributed by atoms with Crippen LogP contribution in [0.15, 0.2) is 23.8 Å². The third-order valence-electron chi connectivity index (χ3n) is 2.12. The average Bonchev–Trinajstić information content (AvgIpc) is 2.32. The van der Waals surface area contributed by atoms with Crippen LogP contribution in [0.25, 0.3) is 0 Å². The van der Waals surface area contributed by atoms with Crippen molar-refractivity contribution in [2.24, 2.45) is 0 Å². The minimum Gasteiger partial charge on any atom is -0.463 e. The molecule has 0 saturated heterocycles. The Morgan fingerprint density at radius 2 is 1.90 bits per heavy atom. The second-order valence-electron chi connectivity index (χ2n) is 5.45. The molecule has 0 aromatic rings. The van der Waals surface area contributed by atoms with E-state index >= 15 is 0 Å². The Hall–Kier alpha value is -1.35. The maximum absolute atomic E-state index is 11.1. The highest BCUT2D eigenvalue weighted by Gasteiger charge is 2.13. The Bertz CT molecular complexity index is 435. The summed E-state index contributed by atoms with van der Waals surface area (Å²) < 4.78 is 4.74. The highest BCUT2D eigenvalue weighted by Crippen LogP contribution is 2.04. The Kier molecular flexibility index (Phi) is 8.15. The summed E-state index contributed by atoms with van der Waals surface area (Å²) in [6.07, 6.45) is 2.07. The number of aliphatic hydroxyl groups excluding tert-OH is 2. The smallest absolute Gasteiger partial charge is 0.330 e. The fraction of sp³-hybridized carbons (Fsp3) is 0.533. The number of ether oxygens (including phenoxy) is 1. The molecule has 0 rings (SSSR count). The Balaban J connectivity index is 4.62. The van der Waals surface area contributed by atoms with Crippen LogP contribution in [0.2, 0.25) is 19.6 Å². The summed E-state index contributed by atoms with van der Waals surface area (Å²) in [4.78, 5) is 11.1. The number of allylic oxidation sites excluding steroid dienone is 2. The van der Waals surface area contributed by atoms with Crippen molar-refractivity contribution < 1.29 is 19.7 Å². The predicted octanol–water partition coefficient (Wildman–Crippen LogP) is 1.65. The van der Waals surface area contributed by atoms with Crippen molar-refractivity contribution in [3.63, 3.8) is 0 Å². The van der Waals surface area contributed by atoms with Gasteiger partial charge in [0.1, 0.15) is 20.3 Å². The lowest BCUT2D eigenvalue weighted by atomic mass is 10.1. The molecule has 0 fully saturated rings. The molecule has 4 nitrogen and oxygen atoms in total. The molecule has 2 atom stereocenters. The van der Waals surface area contributed by atoms with Crippen LogP contribution in [0, 0.1) is 11.5 Å².